The molecule has 1 heterocycles. The molecule has 0 unspecified atom stereocenters. The van der Waals surface area contributed by atoms with Crippen molar-refractivity contribution in [3.63, 3.8) is 0 Å². The lowest BCUT2D eigenvalue weighted by Crippen LogP contribution is -2.15. The molecule has 0 atom stereocenters. The molecule has 7 heteroatoms. The molecule has 0 bridgehead atoms. The van der Waals surface area contributed by atoms with Gasteiger partial charge in [-0.25, -0.2) is 0 Å². The van der Waals surface area contributed by atoms with Gasteiger partial charge in [-0.3, -0.25) is 9.59 Å². The van der Waals surface area contributed by atoms with Gasteiger partial charge in [-0.05, 0) is 70.5 Å². The predicted molar refractivity (Wildman–Crippen MR) is 126 cm³/mol. The number of nitrogens with one attached hydrogen (secondary N) is 1. The first kappa shape index (κ1) is 21.6. The van der Waals surface area contributed by atoms with Crippen LogP contribution in [0.2, 0.25) is 0 Å². The van der Waals surface area contributed by atoms with Crippen LogP contribution in [0.5, 0.6) is 11.5 Å². The number of benzene rings is 3. The second-order valence-electron chi connectivity index (χ2n) is 6.99. The van der Waals surface area contributed by atoms with Gasteiger partial charge in [0.1, 0.15) is 17.1 Å². The Kier molecular flexibility index (Phi) is 6.28. The highest BCUT2D eigenvalue weighted by Gasteiger charge is 2.23. The van der Waals surface area contributed by atoms with E-state index >= 15 is 0 Å². The zero-order valence-corrected chi connectivity index (χ0v) is 19.1. The number of carbonyl (C=O) groups excluding carboxylic acids is 2. The van der Waals surface area contributed by atoms with Crippen LogP contribution in [0.15, 0.2) is 75.6 Å². The number of hydrogen-bond donors (Lipinski definition) is 1. The topological polar surface area (TPSA) is 77.8 Å². The van der Waals surface area contributed by atoms with E-state index in [-0.39, 0.29) is 23.9 Å². The van der Waals surface area contributed by atoms with Crippen LogP contribution in [-0.2, 0) is 0 Å². The molecule has 0 spiro atoms. The van der Waals surface area contributed by atoms with Crippen molar-refractivity contribution in [2.45, 2.75) is 0 Å². The average molecular weight is 494 g/mol. The number of Topliss-reactive ketones (excluding diaryl/α,β-unsaturated/α-hetero) is 1. The highest BCUT2D eigenvalue weighted by molar-refractivity contribution is 9.10. The van der Waals surface area contributed by atoms with Crippen LogP contribution in [0.25, 0.3) is 11.0 Å². The van der Waals surface area contributed by atoms with Gasteiger partial charge in [0.25, 0.3) is 0 Å². The normalized spacial score (nSPS) is 10.7. The summed E-state index contributed by atoms with van der Waals surface area (Å²) in [6.45, 7) is 0.00242. The van der Waals surface area contributed by atoms with Crippen LogP contribution in [0.1, 0.15) is 26.5 Å². The summed E-state index contributed by atoms with van der Waals surface area (Å²) in [5.74, 6) is 1.02. The van der Waals surface area contributed by atoms with E-state index in [0.29, 0.717) is 38.4 Å². The van der Waals surface area contributed by atoms with E-state index in [2.05, 4.69) is 21.2 Å². The van der Waals surface area contributed by atoms with E-state index in [1.54, 1.807) is 62.8 Å². The predicted octanol–water partition coefficient (Wildman–Crippen LogP) is 5.74. The minimum Gasteiger partial charge on any atom is -0.497 e. The molecular formula is C25H20BrNO5. The van der Waals surface area contributed by atoms with Crippen LogP contribution in [0.4, 0.5) is 5.69 Å². The van der Waals surface area contributed by atoms with E-state index in [1.165, 1.54) is 0 Å². The molecule has 0 aliphatic heterocycles. The van der Waals surface area contributed by atoms with Gasteiger partial charge >= 0.3 is 0 Å². The summed E-state index contributed by atoms with van der Waals surface area (Å²) in [6.07, 6.45) is 0. The van der Waals surface area contributed by atoms with Gasteiger partial charge < -0.3 is 19.2 Å². The number of anilines is 1. The SMILES string of the molecule is COc1ccc(C(=O)CNc2c(C(=O)c3ccc(OC)c(Br)c3)oc3ccccc23)cc1. The summed E-state index contributed by atoms with van der Waals surface area (Å²) in [5, 5.41) is 3.85. The molecule has 0 radical (unpaired) electrons. The monoisotopic (exact) mass is 493 g/mol. The number of methoxy groups -OCH3 is 2. The van der Waals surface area contributed by atoms with Crippen molar-refractivity contribution in [1.29, 1.82) is 0 Å². The lowest BCUT2D eigenvalue weighted by molar-refractivity contribution is 0.0997. The Hall–Kier alpha value is -3.58. The Morgan fingerprint density at radius 1 is 0.938 bits per heavy atom. The largest absolute Gasteiger partial charge is 0.497 e. The van der Waals surface area contributed by atoms with Crippen LogP contribution in [0, 0.1) is 0 Å². The molecule has 0 saturated carbocycles. The van der Waals surface area contributed by atoms with E-state index in [1.807, 2.05) is 18.2 Å². The molecule has 1 aromatic heterocycles. The van der Waals surface area contributed by atoms with Crippen molar-refractivity contribution in [3.05, 3.63) is 88.1 Å². The molecule has 32 heavy (non-hydrogen) atoms. The number of furan rings is 1. The second-order valence-corrected chi connectivity index (χ2v) is 7.84. The number of rotatable bonds is 8. The number of ketones is 2. The lowest BCUT2D eigenvalue weighted by atomic mass is 10.1. The number of carbonyl (C=O) groups is 2. The Bertz CT molecular complexity index is 1290. The molecule has 4 aromatic rings. The highest BCUT2D eigenvalue weighted by atomic mass is 79.9. The zero-order valence-electron chi connectivity index (χ0n) is 17.5. The van der Waals surface area contributed by atoms with Crippen molar-refractivity contribution in [1.82, 2.24) is 0 Å². The molecule has 0 amide bonds. The summed E-state index contributed by atoms with van der Waals surface area (Å²) < 4.78 is 16.9. The summed E-state index contributed by atoms with van der Waals surface area (Å²) >= 11 is 3.41. The van der Waals surface area contributed by atoms with Gasteiger partial charge in [-0.1, -0.05) is 12.1 Å². The maximum Gasteiger partial charge on any atom is 0.230 e. The number of hydrogen-bond acceptors (Lipinski definition) is 6. The Morgan fingerprint density at radius 2 is 1.66 bits per heavy atom. The fourth-order valence-electron chi connectivity index (χ4n) is 3.37. The molecule has 1 N–H and O–H groups in total. The third-order valence-corrected chi connectivity index (χ3v) is 5.67. The summed E-state index contributed by atoms with van der Waals surface area (Å²) in [5.41, 5.74) is 2.02. The third kappa shape index (κ3) is 4.24. The van der Waals surface area contributed by atoms with E-state index in [0.717, 1.165) is 5.39 Å². The smallest absolute Gasteiger partial charge is 0.230 e. The number of halogens is 1. The first-order valence-corrected chi connectivity index (χ1v) is 10.6. The van der Waals surface area contributed by atoms with Gasteiger partial charge in [-0.2, -0.15) is 0 Å². The van der Waals surface area contributed by atoms with E-state index in [4.69, 9.17) is 13.9 Å². The molecule has 4 rings (SSSR count). The maximum atomic E-state index is 13.3. The maximum absolute atomic E-state index is 13.3. The van der Waals surface area contributed by atoms with Crippen molar-refractivity contribution in [3.8, 4) is 11.5 Å². The van der Waals surface area contributed by atoms with Crippen molar-refractivity contribution < 1.29 is 23.5 Å². The van der Waals surface area contributed by atoms with Gasteiger partial charge in [0.2, 0.25) is 5.78 Å². The minimum absolute atomic E-state index is 0.00242. The zero-order chi connectivity index (χ0) is 22.7. The van der Waals surface area contributed by atoms with Gasteiger partial charge in [0, 0.05) is 16.5 Å². The molecule has 0 fully saturated rings. The summed E-state index contributed by atoms with van der Waals surface area (Å²) in [4.78, 5) is 26.0. The minimum atomic E-state index is -0.302. The summed E-state index contributed by atoms with van der Waals surface area (Å²) in [6, 6.07) is 19.3. The molecule has 0 saturated heterocycles. The highest BCUT2D eigenvalue weighted by Crippen LogP contribution is 2.34. The summed E-state index contributed by atoms with van der Waals surface area (Å²) in [7, 11) is 3.13. The van der Waals surface area contributed by atoms with E-state index in [9.17, 15) is 9.59 Å². The van der Waals surface area contributed by atoms with Gasteiger partial charge in [0.15, 0.2) is 11.5 Å². The third-order valence-electron chi connectivity index (χ3n) is 5.05. The number of para-hydroxylation sites is 1. The van der Waals surface area contributed by atoms with Crippen molar-refractivity contribution in [2.75, 3.05) is 26.1 Å². The molecule has 0 aliphatic carbocycles. The quantitative estimate of drug-likeness (QED) is 0.315. The average Bonchev–Trinajstić information content (AvgIpc) is 3.20. The fourth-order valence-corrected chi connectivity index (χ4v) is 3.91. The Balaban J connectivity index is 1.65. The number of fused-ring (bicyclic) bond motifs is 1. The second kappa shape index (κ2) is 9.28. The Morgan fingerprint density at radius 3 is 2.34 bits per heavy atom. The first-order chi connectivity index (χ1) is 15.5. The molecule has 162 valence electrons. The van der Waals surface area contributed by atoms with Gasteiger partial charge in [0.05, 0.1) is 30.9 Å². The molecular weight excluding hydrogens is 474 g/mol. The van der Waals surface area contributed by atoms with Crippen molar-refractivity contribution >= 4 is 44.2 Å². The first-order valence-electron chi connectivity index (χ1n) is 9.82. The van der Waals surface area contributed by atoms with Crippen LogP contribution in [0.3, 0.4) is 0 Å². The molecule has 6 nitrogen and oxygen atoms in total. The van der Waals surface area contributed by atoms with Crippen LogP contribution in [-0.4, -0.2) is 32.3 Å². The number of ether oxygens (including phenoxy) is 2. The lowest BCUT2D eigenvalue weighted by Gasteiger charge is -2.08. The fraction of sp³-hybridized carbons (Fsp3) is 0.120. The van der Waals surface area contributed by atoms with Crippen LogP contribution >= 0.6 is 15.9 Å². The van der Waals surface area contributed by atoms with E-state index < -0.39 is 0 Å². The molecule has 3 aromatic carbocycles. The van der Waals surface area contributed by atoms with Crippen molar-refractivity contribution in [2.24, 2.45) is 0 Å². The standard InChI is InChI=1S/C25H20BrNO5/c1-30-17-10-7-15(8-11-17)20(28)14-27-23-18-5-3-4-6-21(18)32-25(23)24(29)16-9-12-22(31-2)19(26)13-16/h3-13,27H,14H2,1-2H3. The van der Waals surface area contributed by atoms with Crippen LogP contribution < -0.4 is 14.8 Å². The Labute approximate surface area is 193 Å². The van der Waals surface area contributed by atoms with Gasteiger partial charge in [-0.15, -0.1) is 0 Å². The molecule has 0 aliphatic rings.